The van der Waals surface area contributed by atoms with E-state index in [1.54, 1.807) is 0 Å². The van der Waals surface area contributed by atoms with Gasteiger partial charge >= 0.3 is 0 Å². The number of rotatable bonds is 11. The van der Waals surface area contributed by atoms with Crippen LogP contribution in [0.15, 0.2) is 461 Å². The van der Waals surface area contributed by atoms with Crippen molar-refractivity contribution >= 4 is 138 Å². The molecule has 0 N–H and O–H groups in total. The molecule has 1 aliphatic carbocycles. The number of aromatic nitrogens is 4. The van der Waals surface area contributed by atoms with Crippen LogP contribution in [0.3, 0.4) is 0 Å². The van der Waals surface area contributed by atoms with Crippen LogP contribution >= 0.6 is 0 Å². The lowest BCUT2D eigenvalue weighted by atomic mass is 9.74. The maximum atomic E-state index is 2.52. The van der Waals surface area contributed by atoms with E-state index >= 15 is 0 Å². The Balaban J connectivity index is 0.000000108. The van der Waals surface area contributed by atoms with Crippen molar-refractivity contribution in [1.29, 1.82) is 0 Å². The van der Waals surface area contributed by atoms with Gasteiger partial charge in [-0.1, -0.05) is 351 Å². The largest absolute Gasteiger partial charge is 0.310 e. The number of para-hydroxylation sites is 7. The van der Waals surface area contributed by atoms with Gasteiger partial charge in [-0.3, -0.25) is 0 Å². The summed E-state index contributed by atoms with van der Waals surface area (Å²) in [7, 11) is 0. The molecular formula is C129H94N6. The fourth-order valence-electron chi connectivity index (χ4n) is 23.2. The highest BCUT2D eigenvalue weighted by Crippen LogP contribution is 2.56. The summed E-state index contributed by atoms with van der Waals surface area (Å²) in [4.78, 5) is 4.85. The number of fused-ring (bicyclic) bond motifs is 22. The van der Waals surface area contributed by atoms with Crippen LogP contribution < -0.4 is 9.80 Å². The second kappa shape index (κ2) is 30.7. The summed E-state index contributed by atoms with van der Waals surface area (Å²) in [5.41, 5.74) is 42.2. The molecule has 6 nitrogen and oxygen atoms in total. The molecule has 0 unspecified atom stereocenters. The summed E-state index contributed by atoms with van der Waals surface area (Å²) < 4.78 is 9.89. The van der Waals surface area contributed by atoms with Crippen molar-refractivity contribution in [3.05, 3.63) is 494 Å². The van der Waals surface area contributed by atoms with Crippen molar-refractivity contribution in [2.24, 2.45) is 0 Å². The van der Waals surface area contributed by atoms with Crippen LogP contribution in [0, 0.1) is 0 Å². The highest BCUT2D eigenvalue weighted by Gasteiger charge is 2.40. The smallest absolute Gasteiger partial charge is 0.0622 e. The van der Waals surface area contributed by atoms with E-state index in [1.807, 2.05) is 0 Å². The highest BCUT2D eigenvalue weighted by atomic mass is 15.2. The molecule has 0 radical (unpaired) electrons. The molecule has 6 heteroatoms. The van der Waals surface area contributed by atoms with Crippen molar-refractivity contribution in [2.45, 2.75) is 57.8 Å². The minimum atomic E-state index is -0.172. The van der Waals surface area contributed by atoms with Crippen molar-refractivity contribution in [1.82, 2.24) is 18.1 Å². The zero-order valence-electron chi connectivity index (χ0n) is 76.1. The monoisotopic (exact) mass is 1730 g/mol. The normalized spacial score (nSPS) is 13.4. The van der Waals surface area contributed by atoms with E-state index in [1.165, 1.54) is 215 Å². The van der Waals surface area contributed by atoms with Gasteiger partial charge in [-0.05, 0) is 241 Å². The summed E-state index contributed by atoms with van der Waals surface area (Å²) in [6.07, 6.45) is 0. The summed E-state index contributed by atoms with van der Waals surface area (Å²) in [6, 6.07) is 169. The molecule has 0 saturated carbocycles. The first kappa shape index (κ1) is 79.2. The second-order valence-electron chi connectivity index (χ2n) is 38.3. The number of benzene rings is 20. The van der Waals surface area contributed by atoms with Gasteiger partial charge in [0.2, 0.25) is 0 Å². The Kier molecular flexibility index (Phi) is 18.0. The first-order chi connectivity index (χ1) is 66.3. The summed E-state index contributed by atoms with van der Waals surface area (Å²) in [5.74, 6) is 0. The Bertz CT molecular complexity index is 8960. The highest BCUT2D eigenvalue weighted by molar-refractivity contribution is 6.25. The predicted octanol–water partition coefficient (Wildman–Crippen LogP) is 34.7. The fourth-order valence-corrected chi connectivity index (χ4v) is 23.2. The maximum absolute atomic E-state index is 2.52. The van der Waals surface area contributed by atoms with Crippen LogP contribution in [0.2, 0.25) is 0 Å². The van der Waals surface area contributed by atoms with E-state index in [4.69, 9.17) is 0 Å². The molecule has 0 atom stereocenters. The average molecular weight is 1730 g/mol. The predicted molar refractivity (Wildman–Crippen MR) is 570 cm³/mol. The second-order valence-corrected chi connectivity index (χ2v) is 38.3. The SMILES string of the molecule is CC1(C)c2ccccc2-c2ccc(N(c3ccc(-c4ccccc4)cc3)c3ccc4c(c3)c3cc(-c5ccccc5)cc5c3n4-c3ccccc3C5(C)C)cc21.CC1(C)c2ccccc2-n2c3ccccc3c3cc(N(c4ccccc4)c4ccc(-c5ccccc5)cc4)cc1c32.c1ccc(-c2ccc3c(c2)c2ccccc2n3-c2cc3c4ccccc4n4c5ccccc5c(c2)c34)cc1. The van der Waals surface area contributed by atoms with E-state index in [-0.39, 0.29) is 16.2 Å². The first-order valence-corrected chi connectivity index (χ1v) is 47.2. The minimum absolute atomic E-state index is 0.109. The number of nitrogens with zero attached hydrogens (tertiary/aromatic N) is 6. The average Bonchev–Trinajstić information content (AvgIpc) is 1.50. The van der Waals surface area contributed by atoms with E-state index in [0.29, 0.717) is 0 Å². The van der Waals surface area contributed by atoms with Crippen molar-refractivity contribution in [3.8, 4) is 72.7 Å². The van der Waals surface area contributed by atoms with Gasteiger partial charge in [0, 0.05) is 110 Å². The van der Waals surface area contributed by atoms with Crippen LogP contribution in [0.25, 0.3) is 176 Å². The first-order valence-electron chi connectivity index (χ1n) is 47.2. The Labute approximate surface area is 785 Å². The van der Waals surface area contributed by atoms with Gasteiger partial charge in [0.05, 0.1) is 61.0 Å². The number of hydrogen-bond acceptors (Lipinski definition) is 2. The zero-order valence-corrected chi connectivity index (χ0v) is 76.1. The molecule has 5 aromatic heterocycles. The molecule has 28 rings (SSSR count). The Morgan fingerprint density at radius 3 is 1.04 bits per heavy atom. The molecular weight excluding hydrogens is 1630 g/mol. The molecule has 25 aromatic rings. The van der Waals surface area contributed by atoms with Crippen LogP contribution in [-0.2, 0) is 16.2 Å². The van der Waals surface area contributed by atoms with E-state index in [2.05, 4.69) is 530 Å². The van der Waals surface area contributed by atoms with Gasteiger partial charge in [0.15, 0.2) is 0 Å². The fraction of sp³-hybridized carbons (Fsp3) is 0.0698. The standard InChI is InChI=1S/C54H42N2.C39H30N2.C36H22N2/c1-53(2)46-20-12-11-19-42(46)43-29-27-41(34-48(43)53)55(39-25-23-37(24-26-39)35-15-7-5-8-16-35)40-28-30-50-44(33-40)45-31-38(36-17-9-6-10-18-36)32-49-52(45)56(50)51-22-14-13-21-47(51)54(49,3)4;1-39(2)34-18-10-12-20-37(34)41-36-19-11-9-17-32(36)33-25-31(26-35(39)38(33)41)40(29-15-7-4-8-16-29)30-23-21-28(22-24-30)27-13-5-3-6-14-27;1-2-10-23(11-3-1)24-18-19-35-29(20-24)26-12-4-7-15-32(26)37(35)25-21-30-27-13-5-8-16-33(27)38-34-17-9-6-14-28(34)31(22-25)36(30)38/h5-34H,1-4H3;3-26H,1-2H3;1-22H. The molecule has 0 spiro atoms. The zero-order chi connectivity index (χ0) is 90.1. The van der Waals surface area contributed by atoms with Gasteiger partial charge < -0.3 is 27.9 Å². The lowest BCUT2D eigenvalue weighted by Crippen LogP contribution is -2.26. The van der Waals surface area contributed by atoms with Gasteiger partial charge in [-0.25, -0.2) is 0 Å². The topological polar surface area (TPSA) is 25.7 Å². The molecule has 7 heterocycles. The van der Waals surface area contributed by atoms with Crippen LogP contribution in [0.4, 0.5) is 34.1 Å². The molecule has 0 fully saturated rings. The van der Waals surface area contributed by atoms with E-state index < -0.39 is 0 Å². The van der Waals surface area contributed by atoms with Gasteiger partial charge in [-0.2, -0.15) is 0 Å². The Morgan fingerprint density at radius 1 is 0.170 bits per heavy atom. The van der Waals surface area contributed by atoms with Crippen molar-refractivity contribution in [2.75, 3.05) is 9.80 Å². The third-order valence-electron chi connectivity index (χ3n) is 29.7. The molecule has 20 aromatic carbocycles. The van der Waals surface area contributed by atoms with E-state index in [0.717, 1.165) is 28.4 Å². The van der Waals surface area contributed by atoms with Crippen molar-refractivity contribution in [3.63, 3.8) is 0 Å². The third kappa shape index (κ3) is 12.3. The van der Waals surface area contributed by atoms with Crippen LogP contribution in [-0.4, -0.2) is 18.1 Å². The molecule has 640 valence electrons. The quantitative estimate of drug-likeness (QED) is 0.129. The number of hydrogen-bond donors (Lipinski definition) is 0. The lowest BCUT2D eigenvalue weighted by molar-refractivity contribution is 0.630. The molecule has 0 saturated heterocycles. The lowest BCUT2D eigenvalue weighted by Gasteiger charge is -2.36. The maximum Gasteiger partial charge on any atom is 0.0622 e. The number of anilines is 6. The van der Waals surface area contributed by atoms with Gasteiger partial charge in [-0.15, -0.1) is 0 Å². The van der Waals surface area contributed by atoms with Crippen LogP contribution in [0.5, 0.6) is 0 Å². The Hall–Kier alpha value is -16.8. The molecule has 0 amide bonds. The molecule has 0 bridgehead atoms. The molecule has 2 aliphatic heterocycles. The van der Waals surface area contributed by atoms with Crippen molar-refractivity contribution < 1.29 is 0 Å². The minimum Gasteiger partial charge on any atom is -0.310 e. The molecule has 135 heavy (non-hydrogen) atoms. The van der Waals surface area contributed by atoms with Gasteiger partial charge in [0.25, 0.3) is 0 Å². The van der Waals surface area contributed by atoms with Crippen LogP contribution in [0.1, 0.15) is 74.9 Å². The molecule has 3 aliphatic rings. The van der Waals surface area contributed by atoms with Gasteiger partial charge in [0.1, 0.15) is 0 Å². The van der Waals surface area contributed by atoms with E-state index in [9.17, 15) is 0 Å². The Morgan fingerprint density at radius 2 is 0.489 bits per heavy atom. The third-order valence-corrected chi connectivity index (χ3v) is 29.7. The summed E-state index contributed by atoms with van der Waals surface area (Å²) >= 11 is 0. The summed E-state index contributed by atoms with van der Waals surface area (Å²) in [5, 5.41) is 12.9. The summed E-state index contributed by atoms with van der Waals surface area (Å²) in [6.45, 7) is 14.2.